The van der Waals surface area contributed by atoms with Crippen LogP contribution in [-0.4, -0.2) is 60.5 Å². The predicted molar refractivity (Wildman–Crippen MR) is 99.7 cm³/mol. The molecule has 0 spiro atoms. The summed E-state index contributed by atoms with van der Waals surface area (Å²) in [5.74, 6) is -0.356. The molecule has 2 aromatic rings. The van der Waals surface area contributed by atoms with Crippen molar-refractivity contribution in [2.45, 2.75) is 0 Å². The van der Waals surface area contributed by atoms with Crippen molar-refractivity contribution in [2.75, 3.05) is 42.5 Å². The van der Waals surface area contributed by atoms with Crippen molar-refractivity contribution in [3.8, 4) is 0 Å². The quantitative estimate of drug-likeness (QED) is 0.824. The minimum absolute atomic E-state index is 0.00307. The molecule has 0 saturated carbocycles. The molecule has 27 heavy (non-hydrogen) atoms. The Bertz CT molecular complexity index is 861. The Kier molecular flexibility index (Phi) is 4.45. The molecule has 4 amide bonds. The van der Waals surface area contributed by atoms with Gasteiger partial charge in [0.15, 0.2) is 0 Å². The van der Waals surface area contributed by atoms with Crippen molar-refractivity contribution in [2.24, 2.45) is 0 Å². The number of amides is 4. The molecule has 2 aliphatic rings. The van der Waals surface area contributed by atoms with Gasteiger partial charge in [-0.1, -0.05) is 0 Å². The number of anilines is 2. The van der Waals surface area contributed by atoms with Crippen LogP contribution in [0.5, 0.6) is 0 Å². The van der Waals surface area contributed by atoms with E-state index in [0.29, 0.717) is 24.3 Å². The third-order valence-electron chi connectivity index (χ3n) is 4.81. The number of imide groups is 1. The molecule has 0 bridgehead atoms. The molecule has 2 saturated heterocycles. The molecule has 0 atom stereocenters. The molecule has 2 fully saturated rings. The van der Waals surface area contributed by atoms with Crippen molar-refractivity contribution in [1.29, 1.82) is 0 Å². The second-order valence-electron chi connectivity index (χ2n) is 6.47. The van der Waals surface area contributed by atoms with Crippen LogP contribution in [0.3, 0.4) is 0 Å². The maximum Gasteiger partial charge on any atom is 0.329 e. The van der Waals surface area contributed by atoms with Crippen LogP contribution in [0.1, 0.15) is 10.4 Å². The highest BCUT2D eigenvalue weighted by atomic mass is 16.2. The minimum Gasteiger partial charge on any atom is -0.368 e. The Morgan fingerprint density at radius 3 is 2.15 bits per heavy atom. The topological polar surface area (TPSA) is 85.9 Å². The van der Waals surface area contributed by atoms with Crippen LogP contribution < -0.4 is 15.1 Å². The number of nitrogens with one attached hydrogen (secondary N) is 1. The molecule has 2 aliphatic heterocycles. The third kappa shape index (κ3) is 3.46. The van der Waals surface area contributed by atoms with Gasteiger partial charge in [0, 0.05) is 55.5 Å². The fourth-order valence-corrected chi connectivity index (χ4v) is 3.34. The van der Waals surface area contributed by atoms with Crippen LogP contribution >= 0.6 is 0 Å². The van der Waals surface area contributed by atoms with Crippen LogP contribution in [0.15, 0.2) is 48.8 Å². The number of nitrogens with zero attached hydrogens (tertiary/aromatic N) is 4. The largest absolute Gasteiger partial charge is 0.368 e. The summed E-state index contributed by atoms with van der Waals surface area (Å²) in [6.45, 7) is 2.83. The van der Waals surface area contributed by atoms with Gasteiger partial charge < -0.3 is 9.80 Å². The summed E-state index contributed by atoms with van der Waals surface area (Å²) in [4.78, 5) is 45.2. The van der Waals surface area contributed by atoms with Gasteiger partial charge in [0.2, 0.25) is 5.91 Å². The lowest BCUT2D eigenvalue weighted by Gasteiger charge is -2.36. The Morgan fingerprint density at radius 1 is 0.889 bits per heavy atom. The Balaban J connectivity index is 1.39. The second kappa shape index (κ2) is 7.06. The Labute approximate surface area is 156 Å². The smallest absolute Gasteiger partial charge is 0.329 e. The summed E-state index contributed by atoms with van der Waals surface area (Å²) in [7, 11) is 0. The average Bonchev–Trinajstić information content (AvgIpc) is 3.06. The average molecular weight is 365 g/mol. The monoisotopic (exact) mass is 365 g/mol. The molecule has 138 valence electrons. The first kappa shape index (κ1) is 17.0. The summed E-state index contributed by atoms with van der Waals surface area (Å²) in [5.41, 5.74) is 2.28. The van der Waals surface area contributed by atoms with Crippen molar-refractivity contribution in [3.63, 3.8) is 0 Å². The number of pyridine rings is 1. The molecule has 8 nitrogen and oxygen atoms in total. The van der Waals surface area contributed by atoms with Crippen LogP contribution in [0.2, 0.25) is 0 Å². The number of carbonyl (C=O) groups excluding carboxylic acids is 3. The van der Waals surface area contributed by atoms with E-state index in [1.807, 2.05) is 17.0 Å². The van der Waals surface area contributed by atoms with E-state index >= 15 is 0 Å². The molecule has 0 unspecified atom stereocenters. The predicted octanol–water partition coefficient (Wildman–Crippen LogP) is 1.10. The van der Waals surface area contributed by atoms with Crippen molar-refractivity contribution < 1.29 is 14.4 Å². The number of rotatable bonds is 3. The van der Waals surface area contributed by atoms with Crippen molar-refractivity contribution >= 4 is 29.2 Å². The number of hydrogen-bond donors (Lipinski definition) is 1. The first-order chi connectivity index (χ1) is 13.1. The fraction of sp³-hybridized carbons (Fsp3) is 0.263. The summed E-state index contributed by atoms with van der Waals surface area (Å²) >= 11 is 0. The Morgan fingerprint density at radius 2 is 1.56 bits per heavy atom. The van der Waals surface area contributed by atoms with E-state index in [2.05, 4.69) is 15.2 Å². The fourth-order valence-electron chi connectivity index (χ4n) is 3.34. The zero-order valence-electron chi connectivity index (χ0n) is 14.7. The molecule has 0 aliphatic carbocycles. The maximum atomic E-state index is 12.7. The lowest BCUT2D eigenvalue weighted by molar-refractivity contribution is -0.117. The number of piperazine rings is 1. The lowest BCUT2D eigenvalue weighted by atomic mass is 10.1. The van der Waals surface area contributed by atoms with E-state index in [-0.39, 0.29) is 18.4 Å². The highest BCUT2D eigenvalue weighted by Gasteiger charge is 2.28. The van der Waals surface area contributed by atoms with Gasteiger partial charge in [-0.05, 0) is 36.4 Å². The molecule has 8 heteroatoms. The van der Waals surface area contributed by atoms with E-state index in [0.717, 1.165) is 18.8 Å². The zero-order valence-corrected chi connectivity index (χ0v) is 14.7. The molecule has 1 aromatic carbocycles. The summed E-state index contributed by atoms with van der Waals surface area (Å²) in [5, 5.41) is 2.24. The van der Waals surface area contributed by atoms with Crippen molar-refractivity contribution in [3.05, 3.63) is 54.4 Å². The number of urea groups is 1. The molecular formula is C19H19N5O3. The summed E-state index contributed by atoms with van der Waals surface area (Å²) in [6.07, 6.45) is 3.53. The van der Waals surface area contributed by atoms with Crippen LogP contribution in [0.4, 0.5) is 16.2 Å². The standard InChI is InChI=1S/C19H19N5O3/c25-17-13-24(19(27)21-17)16-3-1-14(2-4-16)18(26)23-11-9-22(10-12-23)15-5-7-20-8-6-15/h1-8H,9-13H2,(H,21,25,27). The van der Waals surface area contributed by atoms with Gasteiger partial charge in [-0.15, -0.1) is 0 Å². The number of carbonyl (C=O) groups is 3. The van der Waals surface area contributed by atoms with Gasteiger partial charge in [0.25, 0.3) is 5.91 Å². The van der Waals surface area contributed by atoms with Crippen LogP contribution in [0.25, 0.3) is 0 Å². The molecule has 4 rings (SSSR count). The third-order valence-corrected chi connectivity index (χ3v) is 4.81. The van der Waals surface area contributed by atoms with Crippen LogP contribution in [-0.2, 0) is 4.79 Å². The first-order valence-corrected chi connectivity index (χ1v) is 8.77. The van der Waals surface area contributed by atoms with E-state index in [9.17, 15) is 14.4 Å². The summed E-state index contributed by atoms with van der Waals surface area (Å²) < 4.78 is 0. The molecular weight excluding hydrogens is 346 g/mol. The van der Waals surface area contributed by atoms with Crippen LogP contribution in [0, 0.1) is 0 Å². The lowest BCUT2D eigenvalue weighted by Crippen LogP contribution is -2.48. The molecule has 1 N–H and O–H groups in total. The number of aromatic nitrogens is 1. The summed E-state index contributed by atoms with van der Waals surface area (Å²) in [6, 6.07) is 10.3. The van der Waals surface area contributed by atoms with E-state index in [1.54, 1.807) is 36.7 Å². The van der Waals surface area contributed by atoms with E-state index < -0.39 is 6.03 Å². The minimum atomic E-state index is -0.439. The molecule has 3 heterocycles. The molecule has 0 radical (unpaired) electrons. The molecule has 1 aromatic heterocycles. The normalized spacial score (nSPS) is 17.3. The first-order valence-electron chi connectivity index (χ1n) is 8.77. The van der Waals surface area contributed by atoms with E-state index in [1.165, 1.54) is 4.90 Å². The van der Waals surface area contributed by atoms with Gasteiger partial charge in [0.1, 0.15) is 6.54 Å². The van der Waals surface area contributed by atoms with Gasteiger partial charge in [-0.2, -0.15) is 0 Å². The SMILES string of the molecule is O=C1CN(c2ccc(C(=O)N3CCN(c4ccncc4)CC3)cc2)C(=O)N1. The van der Waals surface area contributed by atoms with Gasteiger partial charge in [-0.3, -0.25) is 24.8 Å². The highest BCUT2D eigenvalue weighted by Crippen LogP contribution is 2.20. The zero-order chi connectivity index (χ0) is 18.8. The van der Waals surface area contributed by atoms with Gasteiger partial charge in [0.05, 0.1) is 0 Å². The number of hydrogen-bond acceptors (Lipinski definition) is 5. The van der Waals surface area contributed by atoms with Gasteiger partial charge in [-0.25, -0.2) is 4.79 Å². The number of benzene rings is 1. The van der Waals surface area contributed by atoms with Gasteiger partial charge >= 0.3 is 6.03 Å². The second-order valence-corrected chi connectivity index (χ2v) is 6.47. The highest BCUT2D eigenvalue weighted by molar-refractivity contribution is 6.12. The Hall–Kier alpha value is -3.42. The van der Waals surface area contributed by atoms with E-state index in [4.69, 9.17) is 0 Å². The van der Waals surface area contributed by atoms with Crippen molar-refractivity contribution in [1.82, 2.24) is 15.2 Å². The maximum absolute atomic E-state index is 12.7.